The molecule has 0 atom stereocenters. The summed E-state index contributed by atoms with van der Waals surface area (Å²) in [7, 11) is 0. The third kappa shape index (κ3) is 4.10. The van der Waals surface area contributed by atoms with Crippen LogP contribution in [-0.2, 0) is 0 Å². The lowest BCUT2D eigenvalue weighted by atomic mass is 9.95. The molecule has 0 radical (unpaired) electrons. The van der Waals surface area contributed by atoms with Gasteiger partial charge >= 0.3 is 5.97 Å². The zero-order valence-corrected chi connectivity index (χ0v) is 18.5. The summed E-state index contributed by atoms with van der Waals surface area (Å²) in [4.78, 5) is 17.4. The molecule has 0 aliphatic heterocycles. The van der Waals surface area contributed by atoms with Crippen molar-refractivity contribution in [3.8, 4) is 17.0 Å². The average Bonchev–Trinajstić information content (AvgIpc) is 3.44. The molecule has 158 valence electrons. The summed E-state index contributed by atoms with van der Waals surface area (Å²) in [5.41, 5.74) is 2.33. The van der Waals surface area contributed by atoms with Gasteiger partial charge in [0, 0.05) is 22.3 Å². The molecule has 0 saturated heterocycles. The number of nitrogens with one attached hydrogen (secondary N) is 1. The number of carbonyl (C=O) groups excluding carboxylic acids is 1. The van der Waals surface area contributed by atoms with Gasteiger partial charge in [0.05, 0.1) is 6.26 Å². The standard InChI is InChI=1S/C24H22BrN3O3/c25-16-12-13-21-27-22(23(28(21)15-16)26-17-7-2-1-3-8-17)18-9-4-5-10-19(18)31-24(29)20-11-6-14-30-20/h4-6,9-15,17,26H,1-3,7-8H2. The van der Waals surface area contributed by atoms with Crippen LogP contribution < -0.4 is 10.1 Å². The fourth-order valence-electron chi connectivity index (χ4n) is 4.08. The van der Waals surface area contributed by atoms with Crippen LogP contribution in [-0.4, -0.2) is 21.4 Å². The van der Waals surface area contributed by atoms with Crippen LogP contribution >= 0.6 is 15.9 Å². The minimum Gasteiger partial charge on any atom is -0.457 e. The SMILES string of the molecule is O=C(Oc1ccccc1-c1nc2ccc(Br)cn2c1NC1CCCCC1)c1ccco1. The number of carbonyl (C=O) groups is 1. The van der Waals surface area contributed by atoms with Gasteiger partial charge in [0.25, 0.3) is 0 Å². The van der Waals surface area contributed by atoms with Crippen molar-refractivity contribution in [3.05, 3.63) is 71.2 Å². The number of pyridine rings is 1. The highest BCUT2D eigenvalue weighted by Gasteiger charge is 2.23. The summed E-state index contributed by atoms with van der Waals surface area (Å²) in [6.07, 6.45) is 9.47. The zero-order chi connectivity index (χ0) is 21.2. The summed E-state index contributed by atoms with van der Waals surface area (Å²) >= 11 is 3.57. The summed E-state index contributed by atoms with van der Waals surface area (Å²) in [6.45, 7) is 0. The minimum atomic E-state index is -0.536. The van der Waals surface area contributed by atoms with Crippen molar-refractivity contribution in [3.63, 3.8) is 0 Å². The first-order valence-corrected chi connectivity index (χ1v) is 11.3. The van der Waals surface area contributed by atoms with E-state index in [9.17, 15) is 4.79 Å². The number of ether oxygens (including phenoxy) is 1. The third-order valence-corrected chi connectivity index (χ3v) is 6.06. The first kappa shape index (κ1) is 19.9. The van der Waals surface area contributed by atoms with Gasteiger partial charge in [0.15, 0.2) is 0 Å². The van der Waals surface area contributed by atoms with E-state index in [1.165, 1.54) is 25.5 Å². The first-order valence-electron chi connectivity index (χ1n) is 10.5. The number of hydrogen-bond donors (Lipinski definition) is 1. The number of para-hydroxylation sites is 1. The number of hydrogen-bond acceptors (Lipinski definition) is 5. The van der Waals surface area contributed by atoms with Crippen LogP contribution in [0.1, 0.15) is 42.7 Å². The summed E-state index contributed by atoms with van der Waals surface area (Å²) < 4.78 is 13.9. The van der Waals surface area contributed by atoms with E-state index in [4.69, 9.17) is 14.1 Å². The van der Waals surface area contributed by atoms with E-state index in [1.54, 1.807) is 18.2 Å². The number of fused-ring (bicyclic) bond motifs is 1. The number of nitrogens with zero attached hydrogens (tertiary/aromatic N) is 2. The maximum Gasteiger partial charge on any atom is 0.379 e. The van der Waals surface area contributed by atoms with Crippen LogP contribution in [0.25, 0.3) is 16.9 Å². The van der Waals surface area contributed by atoms with Gasteiger partial charge in [-0.25, -0.2) is 9.78 Å². The Labute approximate surface area is 188 Å². The second-order valence-electron chi connectivity index (χ2n) is 7.73. The van der Waals surface area contributed by atoms with Crippen molar-refractivity contribution in [2.24, 2.45) is 0 Å². The molecule has 31 heavy (non-hydrogen) atoms. The van der Waals surface area contributed by atoms with E-state index < -0.39 is 5.97 Å². The van der Waals surface area contributed by atoms with Crippen LogP contribution in [0, 0.1) is 0 Å². The van der Waals surface area contributed by atoms with E-state index in [2.05, 4.69) is 25.6 Å². The van der Waals surface area contributed by atoms with E-state index in [1.807, 2.05) is 36.5 Å². The topological polar surface area (TPSA) is 68.8 Å². The number of anilines is 1. The Balaban J connectivity index is 1.58. The lowest BCUT2D eigenvalue weighted by Crippen LogP contribution is -2.23. The Morgan fingerprint density at radius 2 is 1.94 bits per heavy atom. The van der Waals surface area contributed by atoms with E-state index in [0.717, 1.165) is 40.0 Å². The van der Waals surface area contributed by atoms with Crippen LogP contribution in [0.3, 0.4) is 0 Å². The molecule has 0 unspecified atom stereocenters. The van der Waals surface area contributed by atoms with E-state index >= 15 is 0 Å². The Bertz CT molecular complexity index is 1210. The Hall–Kier alpha value is -3.06. The number of esters is 1. The van der Waals surface area contributed by atoms with Crippen molar-refractivity contribution < 1.29 is 13.9 Å². The second-order valence-corrected chi connectivity index (χ2v) is 8.64. The smallest absolute Gasteiger partial charge is 0.379 e. The van der Waals surface area contributed by atoms with Crippen LogP contribution in [0.5, 0.6) is 5.75 Å². The first-order chi connectivity index (χ1) is 15.2. The lowest BCUT2D eigenvalue weighted by Gasteiger charge is -2.24. The maximum atomic E-state index is 12.5. The molecule has 0 bridgehead atoms. The summed E-state index contributed by atoms with van der Waals surface area (Å²) in [6, 6.07) is 15.0. The summed E-state index contributed by atoms with van der Waals surface area (Å²) in [5.74, 6) is 0.975. The Morgan fingerprint density at radius 3 is 2.74 bits per heavy atom. The van der Waals surface area contributed by atoms with Gasteiger partial charge in [-0.15, -0.1) is 0 Å². The molecule has 1 aliphatic carbocycles. The van der Waals surface area contributed by atoms with Crippen LogP contribution in [0.2, 0.25) is 0 Å². The second kappa shape index (κ2) is 8.59. The van der Waals surface area contributed by atoms with Gasteiger partial charge in [0.2, 0.25) is 5.76 Å². The van der Waals surface area contributed by atoms with Gasteiger partial charge < -0.3 is 14.5 Å². The molecule has 1 N–H and O–H groups in total. The molecule has 3 aromatic heterocycles. The van der Waals surface area contributed by atoms with Crippen LogP contribution in [0.4, 0.5) is 5.82 Å². The number of aromatic nitrogens is 2. The molecular weight excluding hydrogens is 458 g/mol. The Kier molecular flexibility index (Phi) is 5.51. The number of benzene rings is 1. The predicted octanol–water partition coefficient (Wildman–Crippen LogP) is 6.32. The van der Waals surface area contributed by atoms with Crippen molar-refractivity contribution in [2.45, 2.75) is 38.1 Å². The van der Waals surface area contributed by atoms with Crippen molar-refractivity contribution >= 4 is 33.4 Å². The highest BCUT2D eigenvalue weighted by atomic mass is 79.9. The number of halogens is 1. The maximum absolute atomic E-state index is 12.5. The van der Waals surface area contributed by atoms with Gasteiger partial charge in [-0.1, -0.05) is 31.4 Å². The molecular formula is C24H22BrN3O3. The molecule has 3 heterocycles. The molecule has 5 rings (SSSR count). The highest BCUT2D eigenvalue weighted by Crippen LogP contribution is 2.37. The van der Waals surface area contributed by atoms with Gasteiger partial charge in [0.1, 0.15) is 22.9 Å². The Morgan fingerprint density at radius 1 is 1.10 bits per heavy atom. The molecule has 1 aromatic carbocycles. The average molecular weight is 480 g/mol. The third-order valence-electron chi connectivity index (χ3n) is 5.60. The van der Waals surface area contributed by atoms with Crippen molar-refractivity contribution in [1.82, 2.24) is 9.38 Å². The predicted molar refractivity (Wildman–Crippen MR) is 122 cm³/mol. The van der Waals surface area contributed by atoms with Crippen molar-refractivity contribution in [2.75, 3.05) is 5.32 Å². The molecule has 1 saturated carbocycles. The van der Waals surface area contributed by atoms with Gasteiger partial charge in [-0.05, 0) is 65.2 Å². The fraction of sp³-hybridized carbons (Fsp3) is 0.250. The highest BCUT2D eigenvalue weighted by molar-refractivity contribution is 9.10. The summed E-state index contributed by atoms with van der Waals surface area (Å²) in [5, 5.41) is 3.73. The van der Waals surface area contributed by atoms with Gasteiger partial charge in [-0.2, -0.15) is 0 Å². The molecule has 7 heteroatoms. The van der Waals surface area contributed by atoms with E-state index in [0.29, 0.717) is 11.8 Å². The quantitative estimate of drug-likeness (QED) is 0.267. The molecule has 0 amide bonds. The minimum absolute atomic E-state index is 0.161. The number of furan rings is 1. The zero-order valence-electron chi connectivity index (χ0n) is 16.9. The molecule has 0 spiro atoms. The monoisotopic (exact) mass is 479 g/mol. The largest absolute Gasteiger partial charge is 0.457 e. The molecule has 6 nitrogen and oxygen atoms in total. The normalized spacial score (nSPS) is 14.6. The number of rotatable bonds is 5. The molecule has 1 fully saturated rings. The van der Waals surface area contributed by atoms with Crippen molar-refractivity contribution in [1.29, 1.82) is 0 Å². The lowest BCUT2D eigenvalue weighted by molar-refractivity contribution is 0.0702. The van der Waals surface area contributed by atoms with E-state index in [-0.39, 0.29) is 5.76 Å². The molecule has 1 aliphatic rings. The number of imidazole rings is 1. The molecule has 4 aromatic rings. The fourth-order valence-corrected chi connectivity index (χ4v) is 4.42. The van der Waals surface area contributed by atoms with Crippen LogP contribution in [0.15, 0.2) is 69.9 Å². The van der Waals surface area contributed by atoms with Gasteiger partial charge in [-0.3, -0.25) is 4.40 Å².